The van der Waals surface area contributed by atoms with E-state index in [4.69, 9.17) is 12.2 Å². The summed E-state index contributed by atoms with van der Waals surface area (Å²) in [7, 11) is 0. The highest BCUT2D eigenvalue weighted by Gasteiger charge is 2.16. The standard InChI is InChI=1S/C20H20N6O2S/c27-26(28)17-10-8-15(9-11-17)21-20(29)22-16-6-4-5-14(13-16)19-24-23-18-7-2-1-3-12-25(18)19/h4-6,8-11,13H,1-3,7,12H2,(H2,21,22,29). The summed E-state index contributed by atoms with van der Waals surface area (Å²) in [5.74, 6) is 1.92. The van der Waals surface area contributed by atoms with E-state index in [0.29, 0.717) is 10.8 Å². The lowest BCUT2D eigenvalue weighted by molar-refractivity contribution is -0.384. The first-order valence-corrected chi connectivity index (χ1v) is 9.86. The van der Waals surface area contributed by atoms with Crippen LogP contribution in [0.4, 0.5) is 17.1 Å². The number of nitrogens with one attached hydrogen (secondary N) is 2. The van der Waals surface area contributed by atoms with Crippen molar-refractivity contribution in [1.82, 2.24) is 14.8 Å². The van der Waals surface area contributed by atoms with E-state index in [1.54, 1.807) is 12.1 Å². The Kier molecular flexibility index (Phi) is 5.48. The van der Waals surface area contributed by atoms with Crippen LogP contribution in [0.15, 0.2) is 48.5 Å². The van der Waals surface area contributed by atoms with E-state index in [1.165, 1.54) is 18.6 Å². The topological polar surface area (TPSA) is 97.9 Å². The van der Waals surface area contributed by atoms with Crippen molar-refractivity contribution in [2.45, 2.75) is 32.2 Å². The third-order valence-electron chi connectivity index (χ3n) is 4.82. The Bertz CT molecular complexity index is 1050. The number of thiocarbonyl (C=S) groups is 1. The molecule has 3 aromatic rings. The van der Waals surface area contributed by atoms with Gasteiger partial charge in [0.1, 0.15) is 5.82 Å². The molecule has 4 rings (SSSR count). The minimum absolute atomic E-state index is 0.0366. The van der Waals surface area contributed by atoms with Crippen LogP contribution in [0.5, 0.6) is 0 Å². The van der Waals surface area contributed by atoms with E-state index in [9.17, 15) is 10.1 Å². The number of hydrogen-bond donors (Lipinski definition) is 2. The molecule has 0 spiro atoms. The summed E-state index contributed by atoms with van der Waals surface area (Å²) < 4.78 is 2.21. The minimum atomic E-state index is -0.434. The van der Waals surface area contributed by atoms with Crippen molar-refractivity contribution in [3.63, 3.8) is 0 Å². The molecule has 8 nitrogen and oxygen atoms in total. The van der Waals surface area contributed by atoms with Crippen LogP contribution >= 0.6 is 12.2 Å². The van der Waals surface area contributed by atoms with Gasteiger partial charge < -0.3 is 15.2 Å². The van der Waals surface area contributed by atoms with Gasteiger partial charge in [-0.1, -0.05) is 18.6 Å². The van der Waals surface area contributed by atoms with E-state index >= 15 is 0 Å². The van der Waals surface area contributed by atoms with Crippen LogP contribution in [0.3, 0.4) is 0 Å². The molecule has 0 radical (unpaired) electrons. The van der Waals surface area contributed by atoms with Crippen LogP contribution in [0.2, 0.25) is 0 Å². The molecule has 0 saturated heterocycles. The van der Waals surface area contributed by atoms with Gasteiger partial charge in [0.15, 0.2) is 10.9 Å². The van der Waals surface area contributed by atoms with E-state index in [0.717, 1.165) is 48.7 Å². The van der Waals surface area contributed by atoms with Crippen molar-refractivity contribution >= 4 is 34.4 Å². The molecule has 2 aromatic carbocycles. The zero-order chi connectivity index (χ0) is 20.2. The predicted molar refractivity (Wildman–Crippen MR) is 116 cm³/mol. The van der Waals surface area contributed by atoms with Gasteiger partial charge in [-0.15, -0.1) is 10.2 Å². The molecule has 0 unspecified atom stereocenters. The fraction of sp³-hybridized carbons (Fsp3) is 0.250. The number of anilines is 2. The summed E-state index contributed by atoms with van der Waals surface area (Å²) >= 11 is 5.37. The Labute approximate surface area is 173 Å². The summed E-state index contributed by atoms with van der Waals surface area (Å²) in [6, 6.07) is 14.0. The molecular formula is C20H20N6O2S. The molecule has 2 heterocycles. The van der Waals surface area contributed by atoms with Gasteiger partial charge in [0.05, 0.1) is 4.92 Å². The lowest BCUT2D eigenvalue weighted by atomic mass is 10.2. The number of nitro benzene ring substituents is 1. The number of aromatic nitrogens is 3. The molecule has 0 amide bonds. The van der Waals surface area contributed by atoms with Crippen molar-refractivity contribution in [1.29, 1.82) is 0 Å². The molecule has 0 bridgehead atoms. The normalized spacial score (nSPS) is 13.2. The zero-order valence-corrected chi connectivity index (χ0v) is 16.5. The van der Waals surface area contributed by atoms with Crippen LogP contribution in [-0.4, -0.2) is 24.8 Å². The maximum atomic E-state index is 10.7. The summed E-state index contributed by atoms with van der Waals surface area (Å²) in [6.45, 7) is 0.940. The first-order valence-electron chi connectivity index (χ1n) is 9.45. The van der Waals surface area contributed by atoms with Crippen LogP contribution in [-0.2, 0) is 13.0 Å². The highest BCUT2D eigenvalue weighted by molar-refractivity contribution is 7.80. The molecule has 0 aliphatic carbocycles. The fourth-order valence-corrected chi connectivity index (χ4v) is 3.63. The van der Waals surface area contributed by atoms with Gasteiger partial charge in [0.2, 0.25) is 0 Å². The molecule has 2 N–H and O–H groups in total. The molecule has 0 saturated carbocycles. The zero-order valence-electron chi connectivity index (χ0n) is 15.7. The van der Waals surface area contributed by atoms with Crippen molar-refractivity contribution in [3.8, 4) is 11.4 Å². The summed E-state index contributed by atoms with van der Waals surface area (Å²) in [4.78, 5) is 10.3. The molecule has 0 fully saturated rings. The number of hydrogen-bond acceptors (Lipinski definition) is 5. The minimum Gasteiger partial charge on any atom is -0.332 e. The SMILES string of the molecule is O=[N+]([O-])c1ccc(NC(=S)Nc2cccc(-c3nnc4n3CCCCC4)c2)cc1. The molecule has 0 atom stereocenters. The molecule has 29 heavy (non-hydrogen) atoms. The molecular weight excluding hydrogens is 388 g/mol. The number of fused-ring (bicyclic) bond motifs is 1. The lowest BCUT2D eigenvalue weighted by Crippen LogP contribution is -2.19. The Balaban J connectivity index is 1.47. The second-order valence-electron chi connectivity index (χ2n) is 6.87. The van der Waals surface area contributed by atoms with Gasteiger partial charge in [-0.05, 0) is 49.3 Å². The van der Waals surface area contributed by atoms with E-state index < -0.39 is 4.92 Å². The van der Waals surface area contributed by atoms with Gasteiger partial charge in [0.25, 0.3) is 5.69 Å². The monoisotopic (exact) mass is 408 g/mol. The van der Waals surface area contributed by atoms with Crippen LogP contribution < -0.4 is 10.6 Å². The van der Waals surface area contributed by atoms with Crippen molar-refractivity contribution < 1.29 is 4.92 Å². The maximum absolute atomic E-state index is 10.7. The third-order valence-corrected chi connectivity index (χ3v) is 5.03. The average Bonchev–Trinajstić information content (AvgIpc) is 2.97. The molecule has 1 aromatic heterocycles. The van der Waals surface area contributed by atoms with Crippen molar-refractivity contribution in [3.05, 3.63) is 64.5 Å². The highest BCUT2D eigenvalue weighted by atomic mass is 32.1. The smallest absolute Gasteiger partial charge is 0.269 e. The first-order chi connectivity index (χ1) is 14.1. The predicted octanol–water partition coefficient (Wildman–Crippen LogP) is 4.39. The Morgan fingerprint density at radius 3 is 2.62 bits per heavy atom. The van der Waals surface area contributed by atoms with Gasteiger partial charge in [0, 0.05) is 42.0 Å². The summed E-state index contributed by atoms with van der Waals surface area (Å²) in [6.07, 6.45) is 4.47. The number of rotatable bonds is 4. The van der Waals surface area contributed by atoms with Gasteiger partial charge in [-0.3, -0.25) is 10.1 Å². The Morgan fingerprint density at radius 1 is 1.03 bits per heavy atom. The number of benzene rings is 2. The maximum Gasteiger partial charge on any atom is 0.269 e. The number of nitro groups is 1. The summed E-state index contributed by atoms with van der Waals surface area (Å²) in [5, 5.41) is 26.1. The Hall–Kier alpha value is -3.33. The molecule has 148 valence electrons. The lowest BCUT2D eigenvalue weighted by Gasteiger charge is -2.12. The van der Waals surface area contributed by atoms with Crippen LogP contribution in [0.25, 0.3) is 11.4 Å². The highest BCUT2D eigenvalue weighted by Crippen LogP contribution is 2.25. The molecule has 1 aliphatic rings. The van der Waals surface area contributed by atoms with E-state index in [1.807, 2.05) is 24.3 Å². The second kappa shape index (κ2) is 8.36. The Morgan fingerprint density at radius 2 is 1.83 bits per heavy atom. The average molecular weight is 408 g/mol. The largest absolute Gasteiger partial charge is 0.332 e. The second-order valence-corrected chi connectivity index (χ2v) is 7.27. The van der Waals surface area contributed by atoms with Crippen LogP contribution in [0.1, 0.15) is 25.1 Å². The van der Waals surface area contributed by atoms with Gasteiger partial charge in [-0.2, -0.15) is 0 Å². The number of aryl methyl sites for hydroxylation is 1. The van der Waals surface area contributed by atoms with Crippen LogP contribution in [0, 0.1) is 10.1 Å². The third kappa shape index (κ3) is 4.40. The molecule has 9 heteroatoms. The van der Waals surface area contributed by atoms with Crippen molar-refractivity contribution in [2.75, 3.05) is 10.6 Å². The first kappa shape index (κ1) is 19.0. The van der Waals surface area contributed by atoms with Crippen molar-refractivity contribution in [2.24, 2.45) is 0 Å². The van der Waals surface area contributed by atoms with Gasteiger partial charge in [-0.25, -0.2) is 0 Å². The quantitative estimate of drug-likeness (QED) is 0.375. The fourth-order valence-electron chi connectivity index (χ4n) is 3.39. The molecule has 1 aliphatic heterocycles. The number of nitrogens with zero attached hydrogens (tertiary/aromatic N) is 4. The van der Waals surface area contributed by atoms with E-state index in [2.05, 4.69) is 25.4 Å². The summed E-state index contributed by atoms with van der Waals surface area (Å²) in [5.41, 5.74) is 2.52. The van der Waals surface area contributed by atoms with E-state index in [-0.39, 0.29) is 5.69 Å². The number of non-ortho nitro benzene ring substituents is 1. The van der Waals surface area contributed by atoms with Gasteiger partial charge >= 0.3 is 0 Å².